The van der Waals surface area contributed by atoms with E-state index in [0.717, 1.165) is 25.0 Å². The van der Waals surface area contributed by atoms with Crippen LogP contribution in [0.15, 0.2) is 34.9 Å². The molecule has 0 aliphatic heterocycles. The molecule has 1 N–H and O–H groups in total. The molecule has 0 radical (unpaired) electrons. The Bertz CT molecular complexity index is 573. The van der Waals surface area contributed by atoms with Crippen LogP contribution in [0.3, 0.4) is 0 Å². The van der Waals surface area contributed by atoms with Gasteiger partial charge in [-0.25, -0.2) is 0 Å². The molecule has 112 valence electrons. The first-order valence-corrected chi connectivity index (χ1v) is 7.38. The number of carbonyl (C=O) groups is 1. The summed E-state index contributed by atoms with van der Waals surface area (Å²) < 4.78 is 4.94. The molecule has 2 rings (SSSR count). The molecule has 0 unspecified atom stereocenters. The Morgan fingerprint density at radius 2 is 1.95 bits per heavy atom. The van der Waals surface area contributed by atoms with Crippen molar-refractivity contribution in [3.05, 3.63) is 52.9 Å². The fourth-order valence-electron chi connectivity index (χ4n) is 2.16. The van der Waals surface area contributed by atoms with Gasteiger partial charge in [-0.05, 0) is 38.7 Å². The average molecular weight is 286 g/mol. The van der Waals surface area contributed by atoms with E-state index >= 15 is 0 Å². The minimum atomic E-state index is -0.00126. The van der Waals surface area contributed by atoms with E-state index < -0.39 is 0 Å². The third kappa shape index (κ3) is 5.42. The summed E-state index contributed by atoms with van der Waals surface area (Å²) in [5.41, 5.74) is 3.32. The second kappa shape index (κ2) is 7.62. The number of nitrogens with zero attached hydrogens (tertiary/aromatic N) is 1. The minimum Gasteiger partial charge on any atom is -0.361 e. The highest BCUT2D eigenvalue weighted by atomic mass is 16.5. The van der Waals surface area contributed by atoms with E-state index in [-0.39, 0.29) is 12.3 Å². The highest BCUT2D eigenvalue weighted by molar-refractivity contribution is 5.77. The summed E-state index contributed by atoms with van der Waals surface area (Å²) >= 11 is 0. The van der Waals surface area contributed by atoms with E-state index in [1.165, 1.54) is 11.1 Å². The monoisotopic (exact) mass is 286 g/mol. The quantitative estimate of drug-likeness (QED) is 0.796. The van der Waals surface area contributed by atoms with Crippen molar-refractivity contribution in [2.75, 3.05) is 6.54 Å². The van der Waals surface area contributed by atoms with E-state index in [0.29, 0.717) is 12.2 Å². The number of hydrogen-bond donors (Lipinski definition) is 1. The molecule has 0 saturated heterocycles. The number of benzene rings is 1. The Labute approximate surface area is 125 Å². The number of rotatable bonds is 7. The second-order valence-electron chi connectivity index (χ2n) is 5.40. The van der Waals surface area contributed by atoms with Crippen molar-refractivity contribution in [1.82, 2.24) is 10.5 Å². The first-order chi connectivity index (χ1) is 10.1. The molecule has 0 bridgehead atoms. The number of unbranched alkanes of at least 4 members (excludes halogenated alkanes) is 1. The van der Waals surface area contributed by atoms with E-state index in [1.807, 2.05) is 6.92 Å². The molecule has 0 aliphatic carbocycles. The molecule has 0 fully saturated rings. The summed E-state index contributed by atoms with van der Waals surface area (Å²) in [7, 11) is 0. The standard InChI is InChI=1S/C17H22N2O2/c1-13-6-8-15(9-7-13)5-3-4-10-18-17(20)12-16-11-14(2)21-19-16/h6-9,11H,3-5,10,12H2,1-2H3,(H,18,20). The van der Waals surface area contributed by atoms with Crippen LogP contribution >= 0.6 is 0 Å². The van der Waals surface area contributed by atoms with Crippen molar-refractivity contribution < 1.29 is 9.32 Å². The van der Waals surface area contributed by atoms with Crippen LogP contribution in [0.2, 0.25) is 0 Å². The first kappa shape index (κ1) is 15.3. The molecule has 1 aromatic carbocycles. The lowest BCUT2D eigenvalue weighted by Gasteiger charge is -2.04. The molecule has 1 amide bonds. The van der Waals surface area contributed by atoms with Crippen molar-refractivity contribution in [3.8, 4) is 0 Å². The van der Waals surface area contributed by atoms with E-state index in [2.05, 4.69) is 41.7 Å². The molecule has 4 heteroatoms. The van der Waals surface area contributed by atoms with Gasteiger partial charge in [0.25, 0.3) is 0 Å². The number of nitrogens with one attached hydrogen (secondary N) is 1. The summed E-state index contributed by atoms with van der Waals surface area (Å²) in [6.45, 7) is 4.62. The maximum atomic E-state index is 11.7. The predicted molar refractivity (Wildman–Crippen MR) is 82.1 cm³/mol. The van der Waals surface area contributed by atoms with Gasteiger partial charge in [0.15, 0.2) is 0 Å². The molecule has 0 aliphatic rings. The molecular weight excluding hydrogens is 264 g/mol. The SMILES string of the molecule is Cc1ccc(CCCCNC(=O)Cc2cc(C)on2)cc1. The summed E-state index contributed by atoms with van der Waals surface area (Å²) in [6, 6.07) is 10.4. The normalized spacial score (nSPS) is 10.6. The Hall–Kier alpha value is -2.10. The molecule has 0 saturated carbocycles. The van der Waals surface area contributed by atoms with Crippen molar-refractivity contribution in [2.45, 2.75) is 39.5 Å². The number of amides is 1. The zero-order valence-electron chi connectivity index (χ0n) is 12.7. The van der Waals surface area contributed by atoms with Crippen LogP contribution < -0.4 is 5.32 Å². The highest BCUT2D eigenvalue weighted by Crippen LogP contribution is 2.07. The Balaban J connectivity index is 1.59. The van der Waals surface area contributed by atoms with Crippen LogP contribution in [0.25, 0.3) is 0 Å². The van der Waals surface area contributed by atoms with Gasteiger partial charge in [-0.15, -0.1) is 0 Å². The molecule has 0 atom stereocenters. The van der Waals surface area contributed by atoms with Crippen LogP contribution in [-0.2, 0) is 17.6 Å². The van der Waals surface area contributed by atoms with Crippen LogP contribution in [0.4, 0.5) is 0 Å². The fraction of sp³-hybridized carbons (Fsp3) is 0.412. The smallest absolute Gasteiger partial charge is 0.226 e. The van der Waals surface area contributed by atoms with Crippen molar-refractivity contribution in [2.24, 2.45) is 0 Å². The molecule has 4 nitrogen and oxygen atoms in total. The Kier molecular flexibility index (Phi) is 5.55. The summed E-state index contributed by atoms with van der Waals surface area (Å²) in [4.78, 5) is 11.7. The van der Waals surface area contributed by atoms with Gasteiger partial charge in [0, 0.05) is 12.6 Å². The predicted octanol–water partition coefficient (Wildman–Crippen LogP) is 2.97. The van der Waals surface area contributed by atoms with Crippen LogP contribution in [-0.4, -0.2) is 17.6 Å². The lowest BCUT2D eigenvalue weighted by atomic mass is 10.1. The highest BCUT2D eigenvalue weighted by Gasteiger charge is 2.06. The van der Waals surface area contributed by atoms with E-state index in [1.54, 1.807) is 6.07 Å². The zero-order valence-corrected chi connectivity index (χ0v) is 12.7. The van der Waals surface area contributed by atoms with Gasteiger partial charge in [0.2, 0.25) is 5.91 Å². The summed E-state index contributed by atoms with van der Waals surface area (Å²) in [5.74, 6) is 0.731. The van der Waals surface area contributed by atoms with Crippen LogP contribution in [0, 0.1) is 13.8 Å². The van der Waals surface area contributed by atoms with Crippen LogP contribution in [0.5, 0.6) is 0 Å². The van der Waals surface area contributed by atoms with Gasteiger partial charge < -0.3 is 9.84 Å². The number of aromatic nitrogens is 1. The van der Waals surface area contributed by atoms with E-state index in [4.69, 9.17) is 4.52 Å². The largest absolute Gasteiger partial charge is 0.361 e. The summed E-state index contributed by atoms with van der Waals surface area (Å²) in [5, 5.41) is 6.73. The maximum absolute atomic E-state index is 11.7. The van der Waals surface area contributed by atoms with Crippen molar-refractivity contribution >= 4 is 5.91 Å². The van der Waals surface area contributed by atoms with Gasteiger partial charge in [0.1, 0.15) is 5.76 Å². The van der Waals surface area contributed by atoms with Gasteiger partial charge in [-0.2, -0.15) is 0 Å². The third-order valence-corrected chi connectivity index (χ3v) is 3.35. The fourth-order valence-corrected chi connectivity index (χ4v) is 2.16. The van der Waals surface area contributed by atoms with E-state index in [9.17, 15) is 4.79 Å². The number of carbonyl (C=O) groups excluding carboxylic acids is 1. The van der Waals surface area contributed by atoms with Gasteiger partial charge >= 0.3 is 0 Å². The molecular formula is C17H22N2O2. The number of aryl methyl sites for hydroxylation is 3. The van der Waals surface area contributed by atoms with Gasteiger partial charge in [0.05, 0.1) is 12.1 Å². The number of hydrogen-bond acceptors (Lipinski definition) is 3. The lowest BCUT2D eigenvalue weighted by molar-refractivity contribution is -0.120. The van der Waals surface area contributed by atoms with Gasteiger partial charge in [-0.3, -0.25) is 4.79 Å². The molecule has 2 aromatic rings. The van der Waals surface area contributed by atoms with Crippen molar-refractivity contribution in [3.63, 3.8) is 0 Å². The summed E-state index contributed by atoms with van der Waals surface area (Å²) in [6.07, 6.45) is 3.40. The topological polar surface area (TPSA) is 55.1 Å². The molecule has 21 heavy (non-hydrogen) atoms. The lowest BCUT2D eigenvalue weighted by Crippen LogP contribution is -2.26. The maximum Gasteiger partial charge on any atom is 0.226 e. The minimum absolute atomic E-state index is 0.00126. The molecule has 0 spiro atoms. The average Bonchev–Trinajstić information content (AvgIpc) is 2.86. The molecule has 1 aromatic heterocycles. The Morgan fingerprint density at radius 1 is 1.19 bits per heavy atom. The van der Waals surface area contributed by atoms with Crippen LogP contribution in [0.1, 0.15) is 35.4 Å². The zero-order chi connectivity index (χ0) is 15.1. The van der Waals surface area contributed by atoms with Crippen molar-refractivity contribution in [1.29, 1.82) is 0 Å². The Morgan fingerprint density at radius 3 is 2.62 bits per heavy atom. The van der Waals surface area contributed by atoms with Gasteiger partial charge in [-0.1, -0.05) is 35.0 Å². The second-order valence-corrected chi connectivity index (χ2v) is 5.40. The third-order valence-electron chi connectivity index (χ3n) is 3.35. The molecule has 1 heterocycles. The first-order valence-electron chi connectivity index (χ1n) is 7.38.